The monoisotopic (exact) mass is 150 g/mol. The molecular weight excluding hydrogens is 143 g/mol. The molecule has 1 rings (SSSR count). The Bertz CT molecular complexity index is 326. The van der Waals surface area contributed by atoms with Crippen LogP contribution in [0.4, 0.5) is 4.39 Å². The van der Waals surface area contributed by atoms with Gasteiger partial charge >= 0.3 is 0 Å². The molecule has 1 aromatic rings. The van der Waals surface area contributed by atoms with Gasteiger partial charge in [-0.2, -0.15) is 5.26 Å². The summed E-state index contributed by atoms with van der Waals surface area (Å²) in [4.78, 5) is 3.71. The number of nitriles is 1. The van der Waals surface area contributed by atoms with E-state index in [1.165, 1.54) is 0 Å². The lowest BCUT2D eigenvalue weighted by Crippen LogP contribution is -1.94. The van der Waals surface area contributed by atoms with Crippen molar-refractivity contribution in [2.75, 3.05) is 0 Å². The first kappa shape index (κ1) is 7.67. The van der Waals surface area contributed by atoms with Gasteiger partial charge in [0, 0.05) is 5.56 Å². The first-order chi connectivity index (χ1) is 5.16. The van der Waals surface area contributed by atoms with Gasteiger partial charge < -0.3 is 0 Å². The highest BCUT2D eigenvalue weighted by Crippen LogP contribution is 2.12. The van der Waals surface area contributed by atoms with Crippen molar-refractivity contribution >= 4 is 0 Å². The van der Waals surface area contributed by atoms with Gasteiger partial charge in [-0.15, -0.1) is 0 Å². The maximum absolute atomic E-state index is 12.7. The van der Waals surface area contributed by atoms with E-state index in [1.54, 1.807) is 13.8 Å². The Labute approximate surface area is 64.3 Å². The molecule has 1 aromatic heterocycles. The molecule has 0 saturated carbocycles. The predicted octanol–water partition coefficient (Wildman–Crippen LogP) is 1.71. The summed E-state index contributed by atoms with van der Waals surface area (Å²) in [6, 6.07) is 1.90. The first-order valence-electron chi connectivity index (χ1n) is 3.18. The fraction of sp³-hybridized carbons (Fsp3) is 0.250. The predicted molar refractivity (Wildman–Crippen MR) is 38.4 cm³/mol. The minimum Gasteiger partial charge on any atom is -0.257 e. The zero-order valence-corrected chi connectivity index (χ0v) is 6.35. The summed E-state index contributed by atoms with van der Waals surface area (Å²) < 4.78 is 12.7. The van der Waals surface area contributed by atoms with Crippen LogP contribution in [-0.4, -0.2) is 4.98 Å². The second-order valence-corrected chi connectivity index (χ2v) is 2.30. The Balaban J connectivity index is 3.44. The van der Waals surface area contributed by atoms with Crippen LogP contribution in [0.15, 0.2) is 6.20 Å². The Hall–Kier alpha value is -1.43. The van der Waals surface area contributed by atoms with Gasteiger partial charge in [-0.3, -0.25) is 4.98 Å². The summed E-state index contributed by atoms with van der Waals surface area (Å²) in [6.45, 7) is 3.26. The average molecular weight is 150 g/mol. The summed E-state index contributed by atoms with van der Waals surface area (Å²) in [5, 5.41) is 8.57. The number of aromatic nitrogens is 1. The number of hydrogen-bond donors (Lipinski definition) is 0. The van der Waals surface area contributed by atoms with E-state index < -0.39 is 5.82 Å². The molecule has 0 aromatic carbocycles. The lowest BCUT2D eigenvalue weighted by atomic mass is 10.1. The molecule has 1 heterocycles. The van der Waals surface area contributed by atoms with Crippen LogP contribution in [0.1, 0.15) is 16.8 Å². The van der Waals surface area contributed by atoms with Crippen LogP contribution >= 0.6 is 0 Å². The highest BCUT2D eigenvalue weighted by molar-refractivity contribution is 5.39. The molecule has 0 spiro atoms. The summed E-state index contributed by atoms with van der Waals surface area (Å²) in [5.74, 6) is -0.424. The molecule has 0 atom stereocenters. The van der Waals surface area contributed by atoms with Crippen LogP contribution in [-0.2, 0) is 0 Å². The van der Waals surface area contributed by atoms with Crippen LogP contribution in [0.25, 0.3) is 0 Å². The number of pyridine rings is 1. The number of nitrogens with zero attached hydrogens (tertiary/aromatic N) is 2. The number of halogens is 1. The number of aryl methyl sites for hydroxylation is 1. The molecule has 0 N–H and O–H groups in total. The van der Waals surface area contributed by atoms with Crippen molar-refractivity contribution < 1.29 is 4.39 Å². The second kappa shape index (κ2) is 2.67. The molecule has 56 valence electrons. The Morgan fingerprint density at radius 1 is 1.55 bits per heavy atom. The molecule has 0 aliphatic rings. The third-order valence-corrected chi connectivity index (χ3v) is 1.58. The van der Waals surface area contributed by atoms with Gasteiger partial charge in [0.2, 0.25) is 0 Å². The molecule has 11 heavy (non-hydrogen) atoms. The summed E-state index contributed by atoms with van der Waals surface area (Å²) in [5.41, 5.74) is 1.29. The molecule has 0 saturated heterocycles. The van der Waals surface area contributed by atoms with Crippen LogP contribution in [0.5, 0.6) is 0 Å². The van der Waals surface area contributed by atoms with Gasteiger partial charge in [0.05, 0.1) is 17.5 Å². The fourth-order valence-electron chi connectivity index (χ4n) is 0.870. The fourth-order valence-corrected chi connectivity index (χ4v) is 0.870. The van der Waals surface area contributed by atoms with Gasteiger partial charge in [0.25, 0.3) is 0 Å². The first-order valence-corrected chi connectivity index (χ1v) is 3.18. The zero-order chi connectivity index (χ0) is 8.43. The Kier molecular flexibility index (Phi) is 1.86. The summed E-state index contributed by atoms with van der Waals surface area (Å²) in [6.07, 6.45) is 1.13. The van der Waals surface area contributed by atoms with E-state index >= 15 is 0 Å². The topological polar surface area (TPSA) is 36.7 Å². The Morgan fingerprint density at radius 2 is 2.18 bits per heavy atom. The molecule has 0 aliphatic carbocycles. The van der Waals surface area contributed by atoms with Crippen molar-refractivity contribution in [1.82, 2.24) is 4.98 Å². The minimum absolute atomic E-state index is 0.338. The average Bonchev–Trinajstić information content (AvgIpc) is 1.99. The van der Waals surface area contributed by atoms with Crippen LogP contribution < -0.4 is 0 Å². The molecule has 0 fully saturated rings. The lowest BCUT2D eigenvalue weighted by Gasteiger charge is -2.00. The van der Waals surface area contributed by atoms with Crippen molar-refractivity contribution in [3.05, 3.63) is 28.8 Å². The zero-order valence-electron chi connectivity index (χ0n) is 6.35. The van der Waals surface area contributed by atoms with Crippen LogP contribution in [0.2, 0.25) is 0 Å². The normalized spacial score (nSPS) is 9.27. The van der Waals surface area contributed by atoms with E-state index in [1.807, 2.05) is 6.07 Å². The molecular formula is C8H7FN2. The number of rotatable bonds is 0. The number of hydrogen-bond acceptors (Lipinski definition) is 2. The minimum atomic E-state index is -0.424. The van der Waals surface area contributed by atoms with Crippen molar-refractivity contribution in [3.63, 3.8) is 0 Å². The van der Waals surface area contributed by atoms with Gasteiger partial charge in [0.15, 0.2) is 0 Å². The van der Waals surface area contributed by atoms with E-state index in [4.69, 9.17) is 5.26 Å². The highest BCUT2D eigenvalue weighted by atomic mass is 19.1. The molecule has 0 radical (unpaired) electrons. The quantitative estimate of drug-likeness (QED) is 0.564. The standard InChI is InChI=1S/C8H7FN2/c1-5-7(3-10)6(2)11-4-8(5)9/h4H,1-2H3. The SMILES string of the molecule is Cc1ncc(F)c(C)c1C#N. The van der Waals surface area contributed by atoms with Crippen LogP contribution in [0.3, 0.4) is 0 Å². The van der Waals surface area contributed by atoms with Gasteiger partial charge in [0.1, 0.15) is 11.9 Å². The molecule has 0 bridgehead atoms. The van der Waals surface area contributed by atoms with E-state index in [0.717, 1.165) is 6.20 Å². The Morgan fingerprint density at radius 3 is 2.64 bits per heavy atom. The van der Waals surface area contributed by atoms with Crippen LogP contribution in [0, 0.1) is 31.0 Å². The van der Waals surface area contributed by atoms with Crippen molar-refractivity contribution in [2.24, 2.45) is 0 Å². The smallest absolute Gasteiger partial charge is 0.145 e. The molecule has 0 unspecified atom stereocenters. The van der Waals surface area contributed by atoms with Gasteiger partial charge in [-0.05, 0) is 13.8 Å². The molecule has 3 heteroatoms. The largest absolute Gasteiger partial charge is 0.257 e. The maximum atomic E-state index is 12.7. The molecule has 2 nitrogen and oxygen atoms in total. The van der Waals surface area contributed by atoms with Gasteiger partial charge in [-0.1, -0.05) is 0 Å². The van der Waals surface area contributed by atoms with E-state index in [-0.39, 0.29) is 0 Å². The van der Waals surface area contributed by atoms with E-state index in [0.29, 0.717) is 16.8 Å². The maximum Gasteiger partial charge on any atom is 0.145 e. The summed E-state index contributed by atoms with van der Waals surface area (Å²) in [7, 11) is 0. The van der Waals surface area contributed by atoms with E-state index in [2.05, 4.69) is 4.98 Å². The van der Waals surface area contributed by atoms with E-state index in [9.17, 15) is 4.39 Å². The van der Waals surface area contributed by atoms with Crippen molar-refractivity contribution in [3.8, 4) is 6.07 Å². The third kappa shape index (κ3) is 1.20. The van der Waals surface area contributed by atoms with Crippen molar-refractivity contribution in [2.45, 2.75) is 13.8 Å². The molecule has 0 aliphatic heterocycles. The second-order valence-electron chi connectivity index (χ2n) is 2.30. The third-order valence-electron chi connectivity index (χ3n) is 1.58. The van der Waals surface area contributed by atoms with Gasteiger partial charge in [-0.25, -0.2) is 4.39 Å². The van der Waals surface area contributed by atoms with Crippen molar-refractivity contribution in [1.29, 1.82) is 5.26 Å². The molecule has 0 amide bonds. The lowest BCUT2D eigenvalue weighted by molar-refractivity contribution is 0.610. The highest BCUT2D eigenvalue weighted by Gasteiger charge is 2.06. The summed E-state index contributed by atoms with van der Waals surface area (Å²) >= 11 is 0.